The first kappa shape index (κ1) is 17.7. The average Bonchev–Trinajstić information content (AvgIpc) is 2.86. The SMILES string of the molecule is CN(C)/C=C(\C#N)C(=O)C1=Cc2cc(SC(F)F)c(Br)cc2C1. The number of Topliss-reactive ketones (excluding diaryl/α,β-unsaturated/α-hetero) is 1. The zero-order valence-corrected chi connectivity index (χ0v) is 14.8. The average molecular weight is 399 g/mol. The summed E-state index contributed by atoms with van der Waals surface area (Å²) in [5.74, 6) is -2.85. The molecule has 1 aromatic carbocycles. The van der Waals surface area contributed by atoms with Crippen molar-refractivity contribution in [2.24, 2.45) is 0 Å². The van der Waals surface area contributed by atoms with Crippen molar-refractivity contribution in [3.05, 3.63) is 45.1 Å². The number of allylic oxidation sites excluding steroid dienone is 2. The number of fused-ring (bicyclic) bond motifs is 1. The summed E-state index contributed by atoms with van der Waals surface area (Å²) in [6.45, 7) is 0. The lowest BCUT2D eigenvalue weighted by atomic mass is 10.0. The molecule has 0 saturated heterocycles. The number of carbonyl (C=O) groups excluding carboxylic acids is 1. The van der Waals surface area contributed by atoms with Crippen LogP contribution < -0.4 is 0 Å². The first-order chi connectivity index (χ1) is 10.8. The molecule has 0 amide bonds. The number of benzene rings is 1. The number of ketones is 1. The Morgan fingerprint density at radius 1 is 1.48 bits per heavy atom. The molecule has 0 N–H and O–H groups in total. The van der Waals surface area contributed by atoms with Crippen molar-refractivity contribution < 1.29 is 13.6 Å². The molecule has 0 aromatic heterocycles. The number of alkyl halides is 2. The van der Waals surface area contributed by atoms with E-state index in [2.05, 4.69) is 15.9 Å². The van der Waals surface area contributed by atoms with E-state index < -0.39 is 5.76 Å². The molecule has 0 radical (unpaired) electrons. The molecule has 3 nitrogen and oxygen atoms in total. The Kier molecular flexibility index (Phi) is 5.60. The summed E-state index contributed by atoms with van der Waals surface area (Å²) in [5.41, 5.74) is 2.15. The summed E-state index contributed by atoms with van der Waals surface area (Å²) in [4.78, 5) is 14.5. The fraction of sp³-hybridized carbons (Fsp3) is 0.250. The van der Waals surface area contributed by atoms with Gasteiger partial charge in [-0.1, -0.05) is 11.8 Å². The van der Waals surface area contributed by atoms with Gasteiger partial charge in [0.25, 0.3) is 5.76 Å². The molecular weight excluding hydrogens is 386 g/mol. The highest BCUT2D eigenvalue weighted by Crippen LogP contribution is 2.38. The van der Waals surface area contributed by atoms with E-state index in [1.807, 2.05) is 6.07 Å². The largest absolute Gasteiger partial charge is 0.382 e. The molecule has 7 heteroatoms. The van der Waals surface area contributed by atoms with Crippen molar-refractivity contribution >= 4 is 39.6 Å². The van der Waals surface area contributed by atoms with Gasteiger partial charge in [0.2, 0.25) is 5.78 Å². The van der Waals surface area contributed by atoms with Gasteiger partial charge in [-0.2, -0.15) is 14.0 Å². The summed E-state index contributed by atoms with van der Waals surface area (Å²) < 4.78 is 25.7. The van der Waals surface area contributed by atoms with Crippen molar-refractivity contribution in [3.8, 4) is 6.07 Å². The van der Waals surface area contributed by atoms with Crippen molar-refractivity contribution in [2.75, 3.05) is 14.1 Å². The molecular formula is C16H13BrF2N2OS. The zero-order valence-electron chi connectivity index (χ0n) is 12.4. The number of hydrogen-bond donors (Lipinski definition) is 0. The number of carbonyl (C=O) groups is 1. The van der Waals surface area contributed by atoms with Crippen LogP contribution in [0.15, 0.2) is 38.8 Å². The van der Waals surface area contributed by atoms with Crippen LogP contribution in [0.2, 0.25) is 0 Å². The maximum atomic E-state index is 12.6. The van der Waals surface area contributed by atoms with Crippen LogP contribution in [0, 0.1) is 11.3 Å². The normalized spacial score (nSPS) is 13.6. The van der Waals surface area contributed by atoms with E-state index in [0.717, 1.165) is 11.1 Å². The van der Waals surface area contributed by atoms with E-state index in [1.165, 1.54) is 6.20 Å². The molecule has 120 valence electrons. The second-order valence-electron chi connectivity index (χ2n) is 5.15. The molecule has 0 bridgehead atoms. The highest BCUT2D eigenvalue weighted by Gasteiger charge is 2.23. The van der Waals surface area contributed by atoms with Crippen LogP contribution in [0.3, 0.4) is 0 Å². The van der Waals surface area contributed by atoms with E-state index in [9.17, 15) is 13.6 Å². The van der Waals surface area contributed by atoms with Gasteiger partial charge in [-0.25, -0.2) is 0 Å². The molecule has 0 unspecified atom stereocenters. The summed E-state index contributed by atoms with van der Waals surface area (Å²) in [6.07, 6.45) is 3.53. The Labute approximate surface area is 145 Å². The maximum absolute atomic E-state index is 12.6. The number of rotatable bonds is 5. The van der Waals surface area contributed by atoms with Crippen LogP contribution in [-0.4, -0.2) is 30.5 Å². The number of nitrogens with zero attached hydrogens (tertiary/aromatic N) is 2. The van der Waals surface area contributed by atoms with Gasteiger partial charge in [-0.3, -0.25) is 4.79 Å². The predicted octanol–water partition coefficient (Wildman–Crippen LogP) is 4.24. The van der Waals surface area contributed by atoms with Crippen LogP contribution >= 0.6 is 27.7 Å². The molecule has 0 heterocycles. The molecule has 0 atom stereocenters. The van der Waals surface area contributed by atoms with Gasteiger partial charge in [-0.05, 0) is 45.3 Å². The lowest BCUT2D eigenvalue weighted by Crippen LogP contribution is -2.10. The van der Waals surface area contributed by atoms with Gasteiger partial charge in [-0.15, -0.1) is 0 Å². The van der Waals surface area contributed by atoms with Crippen LogP contribution in [0.25, 0.3) is 6.08 Å². The number of hydrogen-bond acceptors (Lipinski definition) is 4. The minimum absolute atomic E-state index is 0.0512. The Morgan fingerprint density at radius 3 is 2.74 bits per heavy atom. The molecule has 1 aromatic rings. The third kappa shape index (κ3) is 4.21. The van der Waals surface area contributed by atoms with E-state index in [1.54, 1.807) is 37.2 Å². The van der Waals surface area contributed by atoms with E-state index in [0.29, 0.717) is 33.1 Å². The Bertz CT molecular complexity index is 751. The van der Waals surface area contributed by atoms with Gasteiger partial charge in [0, 0.05) is 41.7 Å². The van der Waals surface area contributed by atoms with Crippen molar-refractivity contribution in [3.63, 3.8) is 0 Å². The molecule has 1 aliphatic carbocycles. The van der Waals surface area contributed by atoms with Crippen LogP contribution in [0.1, 0.15) is 11.1 Å². The molecule has 1 aliphatic rings. The van der Waals surface area contributed by atoms with Crippen LogP contribution in [-0.2, 0) is 11.2 Å². The van der Waals surface area contributed by atoms with E-state index in [4.69, 9.17) is 5.26 Å². The number of nitriles is 1. The third-order valence-corrected chi connectivity index (χ3v) is 4.85. The molecule has 0 aliphatic heterocycles. The van der Waals surface area contributed by atoms with Gasteiger partial charge < -0.3 is 4.90 Å². The fourth-order valence-electron chi connectivity index (χ4n) is 2.24. The summed E-state index contributed by atoms with van der Waals surface area (Å²) in [5, 5.41) is 9.12. The standard InChI is InChI=1S/C16H13BrF2N2OS/c1-21(2)8-12(7-20)15(22)11-3-9-5-13(17)14(23-16(18)19)6-10(9)4-11/h4-6,8,16H,3H2,1-2H3/b12-8+. The summed E-state index contributed by atoms with van der Waals surface area (Å²) >= 11 is 3.73. The topological polar surface area (TPSA) is 44.1 Å². The highest BCUT2D eigenvalue weighted by atomic mass is 79.9. The number of thioether (sulfide) groups is 1. The maximum Gasteiger partial charge on any atom is 0.288 e. The van der Waals surface area contributed by atoms with Crippen LogP contribution in [0.5, 0.6) is 0 Å². The molecule has 0 spiro atoms. The Hall–Kier alpha value is -1.65. The Balaban J connectivity index is 2.31. The highest BCUT2D eigenvalue weighted by molar-refractivity contribution is 9.10. The first-order valence-electron chi connectivity index (χ1n) is 6.62. The summed E-state index contributed by atoms with van der Waals surface area (Å²) in [7, 11) is 3.46. The van der Waals surface area contributed by atoms with Crippen molar-refractivity contribution in [1.82, 2.24) is 4.90 Å². The van der Waals surface area contributed by atoms with Crippen molar-refractivity contribution in [1.29, 1.82) is 5.26 Å². The Morgan fingerprint density at radius 2 is 2.17 bits per heavy atom. The first-order valence-corrected chi connectivity index (χ1v) is 8.30. The minimum Gasteiger partial charge on any atom is -0.382 e. The predicted molar refractivity (Wildman–Crippen MR) is 90.1 cm³/mol. The minimum atomic E-state index is -2.51. The molecule has 0 fully saturated rings. The molecule has 0 saturated carbocycles. The van der Waals surface area contributed by atoms with Gasteiger partial charge in [0.05, 0.1) is 0 Å². The van der Waals surface area contributed by atoms with Crippen molar-refractivity contribution in [2.45, 2.75) is 17.1 Å². The lowest BCUT2D eigenvalue weighted by Gasteiger charge is -2.07. The monoisotopic (exact) mass is 398 g/mol. The fourth-order valence-corrected chi connectivity index (χ4v) is 3.47. The lowest BCUT2D eigenvalue weighted by molar-refractivity contribution is -0.111. The number of halogens is 3. The summed E-state index contributed by atoms with van der Waals surface area (Å²) in [6, 6.07) is 5.29. The smallest absolute Gasteiger partial charge is 0.288 e. The molecule has 23 heavy (non-hydrogen) atoms. The van der Waals surface area contributed by atoms with E-state index in [-0.39, 0.29) is 11.4 Å². The van der Waals surface area contributed by atoms with Gasteiger partial charge in [0.15, 0.2) is 0 Å². The zero-order chi connectivity index (χ0) is 17.1. The third-order valence-electron chi connectivity index (χ3n) is 3.16. The van der Waals surface area contributed by atoms with E-state index >= 15 is 0 Å². The van der Waals surface area contributed by atoms with Crippen LogP contribution in [0.4, 0.5) is 8.78 Å². The second kappa shape index (κ2) is 7.28. The quantitative estimate of drug-likeness (QED) is 0.422. The molecule has 2 rings (SSSR count). The van der Waals surface area contributed by atoms with Gasteiger partial charge >= 0.3 is 0 Å². The second-order valence-corrected chi connectivity index (χ2v) is 7.04. The van der Waals surface area contributed by atoms with Gasteiger partial charge in [0.1, 0.15) is 11.6 Å².